The SMILES string of the molecule is CCCS(=O)(=O)Nc1ccc(F)c(C(=O)Nc2cnc3[nH]cc(-c4ccc(C)cc4)c3c2)c1F. The molecule has 0 atom stereocenters. The van der Waals surface area contributed by atoms with Gasteiger partial charge >= 0.3 is 0 Å². The number of aromatic nitrogens is 2. The molecule has 4 aromatic rings. The van der Waals surface area contributed by atoms with Gasteiger partial charge in [0.2, 0.25) is 10.0 Å². The molecule has 0 radical (unpaired) electrons. The predicted molar refractivity (Wildman–Crippen MR) is 128 cm³/mol. The van der Waals surface area contributed by atoms with Gasteiger partial charge in [0, 0.05) is 17.1 Å². The lowest BCUT2D eigenvalue weighted by Crippen LogP contribution is -2.20. The van der Waals surface area contributed by atoms with Crippen molar-refractivity contribution in [3.05, 3.63) is 77.6 Å². The van der Waals surface area contributed by atoms with Gasteiger partial charge in [0.1, 0.15) is 17.0 Å². The number of hydrogen-bond donors (Lipinski definition) is 3. The highest BCUT2D eigenvalue weighted by Crippen LogP contribution is 2.30. The van der Waals surface area contributed by atoms with Gasteiger partial charge in [0.15, 0.2) is 5.82 Å². The number of carbonyl (C=O) groups is 1. The highest BCUT2D eigenvalue weighted by atomic mass is 32.2. The Labute approximate surface area is 195 Å². The van der Waals surface area contributed by atoms with E-state index in [0.29, 0.717) is 17.5 Å². The van der Waals surface area contributed by atoms with Crippen molar-refractivity contribution >= 4 is 38.3 Å². The van der Waals surface area contributed by atoms with Crippen LogP contribution in [0.15, 0.2) is 54.9 Å². The third kappa shape index (κ3) is 4.76. The van der Waals surface area contributed by atoms with Gasteiger partial charge in [-0.3, -0.25) is 9.52 Å². The molecule has 2 heterocycles. The van der Waals surface area contributed by atoms with E-state index in [9.17, 15) is 22.0 Å². The first-order valence-corrected chi connectivity index (χ1v) is 12.2. The maximum Gasteiger partial charge on any atom is 0.261 e. The minimum atomic E-state index is -3.83. The van der Waals surface area contributed by atoms with Crippen molar-refractivity contribution in [3.63, 3.8) is 0 Å². The minimum absolute atomic E-state index is 0.223. The van der Waals surface area contributed by atoms with Crippen molar-refractivity contribution in [1.29, 1.82) is 0 Å². The average molecular weight is 485 g/mol. The monoisotopic (exact) mass is 484 g/mol. The van der Waals surface area contributed by atoms with Crippen molar-refractivity contribution in [2.45, 2.75) is 20.3 Å². The van der Waals surface area contributed by atoms with Gasteiger partial charge in [-0.05, 0) is 37.1 Å². The lowest BCUT2D eigenvalue weighted by molar-refractivity contribution is 0.101. The second-order valence-electron chi connectivity index (χ2n) is 7.85. The Bertz CT molecular complexity index is 1480. The third-order valence-corrected chi connectivity index (χ3v) is 6.68. The highest BCUT2D eigenvalue weighted by molar-refractivity contribution is 7.92. The van der Waals surface area contributed by atoms with Gasteiger partial charge in [-0.25, -0.2) is 22.2 Å². The summed E-state index contributed by atoms with van der Waals surface area (Å²) in [6.45, 7) is 3.63. The van der Waals surface area contributed by atoms with E-state index in [4.69, 9.17) is 0 Å². The quantitative estimate of drug-likeness (QED) is 0.335. The fourth-order valence-electron chi connectivity index (χ4n) is 3.56. The van der Waals surface area contributed by atoms with Crippen molar-refractivity contribution in [2.75, 3.05) is 15.8 Å². The zero-order valence-electron chi connectivity index (χ0n) is 18.4. The van der Waals surface area contributed by atoms with E-state index in [1.165, 1.54) is 6.20 Å². The number of carbonyl (C=O) groups excluding carboxylic acids is 1. The molecule has 7 nitrogen and oxygen atoms in total. The first-order valence-electron chi connectivity index (χ1n) is 10.5. The van der Waals surface area contributed by atoms with Gasteiger partial charge in [-0.15, -0.1) is 0 Å². The number of sulfonamides is 1. The van der Waals surface area contributed by atoms with Crippen LogP contribution in [-0.2, 0) is 10.0 Å². The molecular formula is C24H22F2N4O3S. The number of nitrogens with one attached hydrogen (secondary N) is 3. The van der Waals surface area contributed by atoms with Crippen LogP contribution in [0.25, 0.3) is 22.2 Å². The van der Waals surface area contributed by atoms with Crippen LogP contribution >= 0.6 is 0 Å². The van der Waals surface area contributed by atoms with Gasteiger partial charge in [-0.2, -0.15) is 0 Å². The maximum absolute atomic E-state index is 14.9. The molecule has 0 saturated carbocycles. The van der Waals surface area contributed by atoms with Crippen LogP contribution in [0.3, 0.4) is 0 Å². The Hall–Kier alpha value is -3.79. The zero-order valence-corrected chi connectivity index (χ0v) is 19.3. The molecule has 2 aromatic heterocycles. The van der Waals surface area contributed by atoms with Crippen LogP contribution in [-0.4, -0.2) is 30.0 Å². The number of hydrogen-bond acceptors (Lipinski definition) is 4. The van der Waals surface area contributed by atoms with E-state index in [1.807, 2.05) is 31.2 Å². The summed E-state index contributed by atoms with van der Waals surface area (Å²) in [5, 5.41) is 3.16. The summed E-state index contributed by atoms with van der Waals surface area (Å²) in [6.07, 6.45) is 3.46. The first-order chi connectivity index (χ1) is 16.2. The minimum Gasteiger partial charge on any atom is -0.346 e. The largest absolute Gasteiger partial charge is 0.346 e. The first kappa shape index (κ1) is 23.4. The number of anilines is 2. The molecule has 0 saturated heterocycles. The molecule has 34 heavy (non-hydrogen) atoms. The number of aromatic amines is 1. The summed E-state index contributed by atoms with van der Waals surface area (Å²) in [4.78, 5) is 20.1. The molecule has 176 valence electrons. The number of halogens is 2. The Balaban J connectivity index is 1.65. The number of H-pyrrole nitrogens is 1. The molecule has 2 aromatic carbocycles. The normalized spacial score (nSPS) is 11.5. The second-order valence-corrected chi connectivity index (χ2v) is 9.69. The Morgan fingerprint density at radius 3 is 2.56 bits per heavy atom. The van der Waals surface area contributed by atoms with Crippen molar-refractivity contribution in [1.82, 2.24) is 9.97 Å². The molecule has 0 aliphatic rings. The lowest BCUT2D eigenvalue weighted by atomic mass is 10.0. The fraction of sp³-hybridized carbons (Fsp3) is 0.167. The number of pyridine rings is 1. The van der Waals surface area contributed by atoms with Gasteiger partial charge in [0.25, 0.3) is 5.91 Å². The maximum atomic E-state index is 14.9. The molecule has 0 spiro atoms. The Morgan fingerprint density at radius 1 is 1.12 bits per heavy atom. The molecule has 0 aliphatic heterocycles. The van der Waals surface area contributed by atoms with Crippen molar-refractivity contribution < 1.29 is 22.0 Å². The summed E-state index contributed by atoms with van der Waals surface area (Å²) in [6, 6.07) is 11.3. The van der Waals surface area contributed by atoms with E-state index in [2.05, 4.69) is 20.0 Å². The van der Waals surface area contributed by atoms with Crippen molar-refractivity contribution in [3.8, 4) is 11.1 Å². The van der Waals surface area contributed by atoms with Crippen LogP contribution in [0.4, 0.5) is 20.2 Å². The molecule has 1 amide bonds. The molecule has 0 aliphatic carbocycles. The van der Waals surface area contributed by atoms with Gasteiger partial charge in [0.05, 0.1) is 23.3 Å². The summed E-state index contributed by atoms with van der Waals surface area (Å²) in [5.41, 5.74) is 2.30. The van der Waals surface area contributed by atoms with Gasteiger partial charge in [-0.1, -0.05) is 36.8 Å². The summed E-state index contributed by atoms with van der Waals surface area (Å²) in [7, 11) is -3.83. The third-order valence-electron chi connectivity index (χ3n) is 5.21. The zero-order chi connectivity index (χ0) is 24.5. The van der Waals surface area contributed by atoms with Crippen LogP contribution in [0.2, 0.25) is 0 Å². The number of benzene rings is 2. The summed E-state index contributed by atoms with van der Waals surface area (Å²) < 4.78 is 55.4. The summed E-state index contributed by atoms with van der Waals surface area (Å²) in [5.74, 6) is -3.73. The molecule has 0 unspecified atom stereocenters. The van der Waals surface area contributed by atoms with Crippen molar-refractivity contribution in [2.24, 2.45) is 0 Å². The average Bonchev–Trinajstić information content (AvgIpc) is 3.19. The Morgan fingerprint density at radius 2 is 1.85 bits per heavy atom. The second kappa shape index (κ2) is 9.22. The number of amides is 1. The number of fused-ring (bicyclic) bond motifs is 1. The highest BCUT2D eigenvalue weighted by Gasteiger charge is 2.23. The van der Waals surface area contributed by atoms with E-state index in [1.54, 1.807) is 19.2 Å². The smallest absolute Gasteiger partial charge is 0.261 e. The topological polar surface area (TPSA) is 104 Å². The lowest BCUT2D eigenvalue weighted by Gasteiger charge is -2.12. The van der Waals surface area contributed by atoms with Gasteiger partial charge < -0.3 is 10.3 Å². The molecular weight excluding hydrogens is 462 g/mol. The van der Waals surface area contributed by atoms with E-state index in [-0.39, 0.29) is 11.4 Å². The predicted octanol–water partition coefficient (Wildman–Crippen LogP) is 5.22. The van der Waals surface area contributed by atoms with Crippen LogP contribution in [0.5, 0.6) is 0 Å². The summed E-state index contributed by atoms with van der Waals surface area (Å²) >= 11 is 0. The number of rotatable bonds is 7. The van der Waals surface area contributed by atoms with E-state index >= 15 is 0 Å². The molecule has 3 N–H and O–H groups in total. The van der Waals surface area contributed by atoms with Crippen LogP contribution in [0.1, 0.15) is 29.3 Å². The van der Waals surface area contributed by atoms with Crippen LogP contribution in [0, 0.1) is 18.6 Å². The number of nitrogens with zero attached hydrogens (tertiary/aromatic N) is 1. The molecule has 0 fully saturated rings. The van der Waals surface area contributed by atoms with E-state index < -0.39 is 38.8 Å². The standard InChI is InChI=1S/C24H22F2N4O3S/c1-3-10-34(32,33)30-20-9-8-19(25)21(22(20)26)24(31)29-16-11-17-18(13-28-23(17)27-12-16)15-6-4-14(2)5-7-15/h4-9,11-13,30H,3,10H2,1-2H3,(H,27,28)(H,29,31). The molecule has 10 heteroatoms. The Kier molecular flexibility index (Phi) is 6.34. The van der Waals surface area contributed by atoms with Crippen LogP contribution < -0.4 is 10.0 Å². The molecule has 0 bridgehead atoms. The number of aryl methyl sites for hydroxylation is 1. The van der Waals surface area contributed by atoms with E-state index in [0.717, 1.165) is 28.8 Å². The fourth-order valence-corrected chi connectivity index (χ4v) is 4.70. The molecule has 4 rings (SSSR count).